The molecule has 3 rings (SSSR count). The molecule has 5 heteroatoms. The number of nitrogens with zero attached hydrogens (tertiary/aromatic N) is 2. The van der Waals surface area contributed by atoms with Crippen LogP contribution in [0, 0.1) is 6.92 Å². The number of fused-ring (bicyclic) bond motifs is 1. The molecule has 2 heterocycles. The Balaban J connectivity index is 1.40. The van der Waals surface area contributed by atoms with E-state index in [0.717, 1.165) is 25.9 Å². The molecular weight excluding hydrogens is 258 g/mol. The molecule has 0 amide bonds. The summed E-state index contributed by atoms with van der Waals surface area (Å²) in [4.78, 5) is 5.62. The molecule has 1 aromatic carbocycles. The maximum atomic E-state index is 5.08. The Morgan fingerprint density at radius 2 is 2.32 bits per heavy atom. The summed E-state index contributed by atoms with van der Waals surface area (Å²) in [6, 6.07) is 8.66. The van der Waals surface area contributed by atoms with Crippen LogP contribution in [-0.4, -0.2) is 28.5 Å². The van der Waals surface area contributed by atoms with Crippen molar-refractivity contribution < 1.29 is 4.52 Å². The van der Waals surface area contributed by atoms with E-state index in [4.69, 9.17) is 4.52 Å². The van der Waals surface area contributed by atoms with Gasteiger partial charge in [0.25, 0.3) is 0 Å². The van der Waals surface area contributed by atoms with E-state index < -0.39 is 0 Å². The van der Waals surface area contributed by atoms with Gasteiger partial charge in [-0.1, -0.05) is 23.4 Å². The molecule has 2 aromatic rings. The normalized spacial score (nSPS) is 17.6. The summed E-state index contributed by atoms with van der Waals surface area (Å²) in [5, 5.41) is 7.89. The van der Waals surface area contributed by atoms with E-state index in [1.54, 1.807) is 0 Å². The van der Waals surface area contributed by atoms with Crippen molar-refractivity contribution in [2.45, 2.75) is 29.9 Å². The van der Waals surface area contributed by atoms with Gasteiger partial charge < -0.3 is 9.84 Å². The summed E-state index contributed by atoms with van der Waals surface area (Å²) in [6.07, 6.45) is 1.96. The summed E-state index contributed by atoms with van der Waals surface area (Å²) in [7, 11) is 0. The fourth-order valence-electron chi connectivity index (χ4n) is 2.27. The van der Waals surface area contributed by atoms with Crippen LogP contribution < -0.4 is 5.32 Å². The largest absolute Gasteiger partial charge is 0.339 e. The predicted molar refractivity (Wildman–Crippen MR) is 75.4 cm³/mol. The molecule has 0 spiro atoms. The Hall–Kier alpha value is -1.33. The van der Waals surface area contributed by atoms with Gasteiger partial charge >= 0.3 is 0 Å². The Bertz CT molecular complexity index is 530. The number of benzene rings is 1. The second kappa shape index (κ2) is 5.75. The number of nitrogens with one attached hydrogen (secondary N) is 1. The van der Waals surface area contributed by atoms with Crippen molar-refractivity contribution in [1.82, 2.24) is 15.5 Å². The average molecular weight is 275 g/mol. The second-order valence-electron chi connectivity index (χ2n) is 4.74. The first-order valence-electron chi connectivity index (χ1n) is 6.56. The zero-order valence-electron chi connectivity index (χ0n) is 10.9. The fourth-order valence-corrected chi connectivity index (χ4v) is 3.55. The lowest BCUT2D eigenvalue weighted by molar-refractivity contribution is 0.372. The van der Waals surface area contributed by atoms with Crippen LogP contribution in [0.5, 0.6) is 0 Å². The van der Waals surface area contributed by atoms with Crippen LogP contribution in [-0.2, 0) is 12.8 Å². The van der Waals surface area contributed by atoms with Crippen molar-refractivity contribution in [2.75, 3.05) is 13.1 Å². The minimum atomic E-state index is 0.641. The number of aromatic nitrogens is 2. The van der Waals surface area contributed by atoms with Gasteiger partial charge in [0.1, 0.15) is 0 Å². The van der Waals surface area contributed by atoms with Crippen molar-refractivity contribution >= 4 is 11.8 Å². The Morgan fingerprint density at radius 1 is 1.42 bits per heavy atom. The quantitative estimate of drug-likeness (QED) is 0.848. The molecule has 1 aliphatic rings. The van der Waals surface area contributed by atoms with Gasteiger partial charge in [0.15, 0.2) is 5.82 Å². The van der Waals surface area contributed by atoms with E-state index in [-0.39, 0.29) is 0 Å². The average Bonchev–Trinajstić information content (AvgIpc) is 3.00. The first-order chi connectivity index (χ1) is 9.31. The Kier molecular flexibility index (Phi) is 3.84. The molecule has 0 saturated heterocycles. The van der Waals surface area contributed by atoms with Gasteiger partial charge in [-0.2, -0.15) is 4.98 Å². The van der Waals surface area contributed by atoms with E-state index in [0.29, 0.717) is 17.0 Å². The maximum Gasteiger partial charge on any atom is 0.227 e. The molecule has 1 aliphatic heterocycles. The van der Waals surface area contributed by atoms with Crippen molar-refractivity contribution in [3.8, 4) is 0 Å². The van der Waals surface area contributed by atoms with Gasteiger partial charge in [0.2, 0.25) is 5.89 Å². The lowest BCUT2D eigenvalue weighted by Crippen LogP contribution is -2.26. The van der Waals surface area contributed by atoms with Gasteiger partial charge in [-0.05, 0) is 25.0 Å². The summed E-state index contributed by atoms with van der Waals surface area (Å²) in [5.41, 5.74) is 1.48. The molecule has 1 N–H and O–H groups in total. The Labute approximate surface area is 117 Å². The van der Waals surface area contributed by atoms with Crippen LogP contribution in [0.2, 0.25) is 0 Å². The van der Waals surface area contributed by atoms with Crippen LogP contribution in [0.15, 0.2) is 33.7 Å². The molecule has 0 aliphatic carbocycles. The standard InChI is InChI=1S/C14H17N3OS/c1-10-16-14(18-17-10)6-7-15-9-12-8-11-4-2-3-5-13(11)19-12/h2-5,12,15H,6-9H2,1H3. The lowest BCUT2D eigenvalue weighted by Gasteiger charge is -2.08. The van der Waals surface area contributed by atoms with Gasteiger partial charge in [0.05, 0.1) is 0 Å². The van der Waals surface area contributed by atoms with Crippen molar-refractivity contribution in [1.29, 1.82) is 0 Å². The molecule has 100 valence electrons. The van der Waals surface area contributed by atoms with E-state index in [1.165, 1.54) is 10.5 Å². The van der Waals surface area contributed by atoms with Gasteiger partial charge in [0, 0.05) is 29.7 Å². The predicted octanol–water partition coefficient (Wildman–Crippen LogP) is 2.23. The van der Waals surface area contributed by atoms with Crippen LogP contribution in [0.3, 0.4) is 0 Å². The number of hydrogen-bond donors (Lipinski definition) is 1. The summed E-state index contributed by atoms with van der Waals surface area (Å²) < 4.78 is 5.08. The topological polar surface area (TPSA) is 51.0 Å². The van der Waals surface area contributed by atoms with E-state index in [9.17, 15) is 0 Å². The van der Waals surface area contributed by atoms with Crippen LogP contribution in [0.4, 0.5) is 0 Å². The molecule has 1 atom stereocenters. The highest BCUT2D eigenvalue weighted by molar-refractivity contribution is 8.00. The maximum absolute atomic E-state index is 5.08. The summed E-state index contributed by atoms with van der Waals surface area (Å²) in [5.74, 6) is 1.42. The minimum absolute atomic E-state index is 0.641. The third-order valence-corrected chi connectivity index (χ3v) is 4.49. The highest BCUT2D eigenvalue weighted by Gasteiger charge is 2.20. The minimum Gasteiger partial charge on any atom is -0.339 e. The molecule has 1 unspecified atom stereocenters. The number of thioether (sulfide) groups is 1. The molecule has 0 fully saturated rings. The molecule has 0 saturated carbocycles. The smallest absolute Gasteiger partial charge is 0.227 e. The zero-order chi connectivity index (χ0) is 13.1. The molecule has 1 aromatic heterocycles. The van der Waals surface area contributed by atoms with E-state index in [2.05, 4.69) is 39.7 Å². The van der Waals surface area contributed by atoms with Crippen LogP contribution in [0.25, 0.3) is 0 Å². The molecule has 4 nitrogen and oxygen atoms in total. The van der Waals surface area contributed by atoms with E-state index in [1.807, 2.05) is 18.7 Å². The van der Waals surface area contributed by atoms with Crippen molar-refractivity contribution in [2.24, 2.45) is 0 Å². The van der Waals surface area contributed by atoms with Crippen molar-refractivity contribution in [3.63, 3.8) is 0 Å². The lowest BCUT2D eigenvalue weighted by atomic mass is 10.1. The molecule has 0 bridgehead atoms. The molecule has 0 radical (unpaired) electrons. The van der Waals surface area contributed by atoms with Crippen molar-refractivity contribution in [3.05, 3.63) is 41.5 Å². The number of hydrogen-bond acceptors (Lipinski definition) is 5. The first-order valence-corrected chi connectivity index (χ1v) is 7.44. The molecule has 19 heavy (non-hydrogen) atoms. The fraction of sp³-hybridized carbons (Fsp3) is 0.429. The SMILES string of the molecule is Cc1noc(CCNCC2Cc3ccccc3S2)n1. The van der Waals surface area contributed by atoms with Gasteiger partial charge in [-0.3, -0.25) is 0 Å². The van der Waals surface area contributed by atoms with E-state index >= 15 is 0 Å². The highest BCUT2D eigenvalue weighted by Crippen LogP contribution is 2.36. The highest BCUT2D eigenvalue weighted by atomic mass is 32.2. The third-order valence-electron chi connectivity index (χ3n) is 3.17. The number of aryl methyl sites for hydroxylation is 1. The monoisotopic (exact) mass is 275 g/mol. The van der Waals surface area contributed by atoms with Crippen LogP contribution in [0.1, 0.15) is 17.3 Å². The third kappa shape index (κ3) is 3.16. The summed E-state index contributed by atoms with van der Waals surface area (Å²) >= 11 is 1.97. The zero-order valence-corrected chi connectivity index (χ0v) is 11.7. The van der Waals surface area contributed by atoms with Gasteiger partial charge in [-0.15, -0.1) is 11.8 Å². The molecular formula is C14H17N3OS. The second-order valence-corrected chi connectivity index (χ2v) is 6.08. The number of rotatable bonds is 5. The first kappa shape index (κ1) is 12.7. The van der Waals surface area contributed by atoms with Gasteiger partial charge in [-0.25, -0.2) is 0 Å². The van der Waals surface area contributed by atoms with Crippen LogP contribution >= 0.6 is 11.8 Å². The summed E-state index contributed by atoms with van der Waals surface area (Å²) in [6.45, 7) is 3.74. The Morgan fingerprint density at radius 3 is 3.11 bits per heavy atom.